The van der Waals surface area contributed by atoms with Gasteiger partial charge in [-0.2, -0.15) is 0 Å². The number of anilines is 1. The van der Waals surface area contributed by atoms with E-state index in [9.17, 15) is 14.4 Å². The van der Waals surface area contributed by atoms with Crippen molar-refractivity contribution in [2.45, 2.75) is 6.54 Å². The highest BCUT2D eigenvalue weighted by atomic mass is 16.5. The van der Waals surface area contributed by atoms with Gasteiger partial charge in [-0.25, -0.2) is 0 Å². The van der Waals surface area contributed by atoms with Crippen LogP contribution < -0.4 is 20.8 Å². The van der Waals surface area contributed by atoms with Crippen LogP contribution in [0.15, 0.2) is 82.4 Å². The summed E-state index contributed by atoms with van der Waals surface area (Å²) in [7, 11) is 3.26. The lowest BCUT2D eigenvalue weighted by atomic mass is 10.1. The number of rotatable bonds is 5. The summed E-state index contributed by atoms with van der Waals surface area (Å²) >= 11 is 0. The van der Waals surface area contributed by atoms with Gasteiger partial charge in [0.05, 0.1) is 24.7 Å². The number of hydrogen-bond donors (Lipinski definition) is 0. The van der Waals surface area contributed by atoms with E-state index >= 15 is 0 Å². The minimum absolute atomic E-state index is 0.00729. The monoisotopic (exact) mass is 484 g/mol. The number of nitrogens with zero attached hydrogens (tertiary/aromatic N) is 4. The minimum Gasteiger partial charge on any atom is -0.497 e. The molecule has 0 saturated carbocycles. The molecule has 8 heteroatoms. The van der Waals surface area contributed by atoms with Crippen LogP contribution in [0.5, 0.6) is 5.75 Å². The van der Waals surface area contributed by atoms with Crippen LogP contribution in [0.25, 0.3) is 11.0 Å². The van der Waals surface area contributed by atoms with E-state index < -0.39 is 11.1 Å². The molecule has 8 nitrogen and oxygen atoms in total. The van der Waals surface area contributed by atoms with Crippen LogP contribution in [0, 0.1) is 0 Å². The van der Waals surface area contributed by atoms with Gasteiger partial charge in [-0.15, -0.1) is 0 Å². The van der Waals surface area contributed by atoms with Crippen LogP contribution in [0.1, 0.15) is 15.9 Å². The van der Waals surface area contributed by atoms with Crippen molar-refractivity contribution in [2.24, 2.45) is 7.05 Å². The smallest absolute Gasteiger partial charge is 0.317 e. The number of fused-ring (bicyclic) bond motifs is 1. The van der Waals surface area contributed by atoms with E-state index in [1.807, 2.05) is 65.6 Å². The molecule has 4 aromatic rings. The Bertz CT molecular complexity index is 1510. The number of hydrogen-bond acceptors (Lipinski definition) is 5. The van der Waals surface area contributed by atoms with Crippen molar-refractivity contribution in [3.63, 3.8) is 0 Å². The molecule has 184 valence electrons. The van der Waals surface area contributed by atoms with E-state index in [-0.39, 0.29) is 12.5 Å². The summed E-state index contributed by atoms with van der Waals surface area (Å²) in [4.78, 5) is 42.4. The maximum absolute atomic E-state index is 13.1. The third-order valence-electron chi connectivity index (χ3n) is 6.81. The zero-order valence-corrected chi connectivity index (χ0v) is 20.4. The number of carbonyl (C=O) groups excluding carboxylic acids is 1. The fraction of sp³-hybridized carbons (Fsp3) is 0.250. The molecule has 0 atom stereocenters. The van der Waals surface area contributed by atoms with Gasteiger partial charge in [0, 0.05) is 44.5 Å². The Morgan fingerprint density at radius 1 is 0.806 bits per heavy atom. The number of carbonyl (C=O) groups is 1. The molecule has 1 saturated heterocycles. The molecule has 1 fully saturated rings. The van der Waals surface area contributed by atoms with Crippen molar-refractivity contribution in [1.29, 1.82) is 0 Å². The topological polar surface area (TPSA) is 76.8 Å². The average molecular weight is 485 g/mol. The summed E-state index contributed by atoms with van der Waals surface area (Å²) in [5, 5.41) is 0. The van der Waals surface area contributed by atoms with Crippen molar-refractivity contribution in [2.75, 3.05) is 38.2 Å². The molecule has 2 heterocycles. The van der Waals surface area contributed by atoms with Gasteiger partial charge < -0.3 is 19.1 Å². The quantitative estimate of drug-likeness (QED) is 0.407. The first-order chi connectivity index (χ1) is 17.5. The van der Waals surface area contributed by atoms with E-state index in [0.717, 1.165) is 30.1 Å². The molecule has 0 unspecified atom stereocenters. The van der Waals surface area contributed by atoms with E-state index in [1.54, 1.807) is 26.3 Å². The van der Waals surface area contributed by atoms with Crippen molar-refractivity contribution in [3.05, 3.63) is 105 Å². The summed E-state index contributed by atoms with van der Waals surface area (Å²) in [5.74, 6) is 0.816. The van der Waals surface area contributed by atoms with Crippen LogP contribution in [-0.2, 0) is 13.6 Å². The fourth-order valence-corrected chi connectivity index (χ4v) is 4.69. The van der Waals surface area contributed by atoms with E-state index in [2.05, 4.69) is 4.90 Å². The molecule has 0 N–H and O–H groups in total. The number of amides is 1. The largest absolute Gasteiger partial charge is 0.497 e. The van der Waals surface area contributed by atoms with Crippen LogP contribution in [0.3, 0.4) is 0 Å². The molecule has 0 aliphatic carbocycles. The SMILES string of the molecule is COc1ccc(N2CCN(C(=O)c3ccc(Cn4c(=O)c(=O)n(C)c5ccccc54)cc3)CC2)cc1. The number of aromatic nitrogens is 2. The van der Waals surface area contributed by atoms with Crippen LogP contribution in [0.2, 0.25) is 0 Å². The number of para-hydroxylation sites is 2. The average Bonchev–Trinajstić information content (AvgIpc) is 2.94. The molecular formula is C28H28N4O4. The molecule has 1 aliphatic heterocycles. The molecule has 36 heavy (non-hydrogen) atoms. The molecule has 0 bridgehead atoms. The zero-order valence-electron chi connectivity index (χ0n) is 20.4. The standard InChI is InChI=1S/C28H28N4O4/c1-29-24-5-3-4-6-25(24)32(28(35)27(29)34)19-20-7-9-21(10-8-20)26(33)31-17-15-30(16-18-31)22-11-13-23(36-2)14-12-22/h3-14H,15-19H2,1-2H3. The van der Waals surface area contributed by atoms with E-state index in [1.165, 1.54) is 9.13 Å². The first-order valence-electron chi connectivity index (χ1n) is 11.9. The Balaban J connectivity index is 1.28. The summed E-state index contributed by atoms with van der Waals surface area (Å²) in [6.45, 7) is 3.05. The number of aryl methyl sites for hydroxylation is 1. The van der Waals surface area contributed by atoms with Gasteiger partial charge in [0.2, 0.25) is 0 Å². The van der Waals surface area contributed by atoms with Crippen molar-refractivity contribution < 1.29 is 9.53 Å². The molecule has 1 aromatic heterocycles. The third kappa shape index (κ3) is 4.37. The van der Waals surface area contributed by atoms with Crippen LogP contribution in [-0.4, -0.2) is 53.2 Å². The maximum Gasteiger partial charge on any atom is 0.317 e. The highest BCUT2D eigenvalue weighted by molar-refractivity contribution is 5.94. The molecule has 0 radical (unpaired) electrons. The Hall–Kier alpha value is -4.33. The maximum atomic E-state index is 13.1. The Labute approximate surface area is 208 Å². The third-order valence-corrected chi connectivity index (χ3v) is 6.81. The molecular weight excluding hydrogens is 456 g/mol. The summed E-state index contributed by atoms with van der Waals surface area (Å²) in [6.07, 6.45) is 0. The number of methoxy groups -OCH3 is 1. The fourth-order valence-electron chi connectivity index (χ4n) is 4.69. The number of piperazine rings is 1. The first-order valence-corrected chi connectivity index (χ1v) is 11.9. The second-order valence-corrected chi connectivity index (χ2v) is 8.92. The van der Waals surface area contributed by atoms with Gasteiger partial charge in [0.25, 0.3) is 5.91 Å². The highest BCUT2D eigenvalue weighted by Gasteiger charge is 2.22. The van der Waals surface area contributed by atoms with Crippen LogP contribution in [0.4, 0.5) is 5.69 Å². The van der Waals surface area contributed by atoms with Crippen molar-refractivity contribution in [1.82, 2.24) is 14.0 Å². The van der Waals surface area contributed by atoms with Crippen molar-refractivity contribution >= 4 is 22.6 Å². The second kappa shape index (κ2) is 9.73. The lowest BCUT2D eigenvalue weighted by Crippen LogP contribution is -2.48. The van der Waals surface area contributed by atoms with E-state index in [4.69, 9.17) is 4.74 Å². The summed E-state index contributed by atoms with van der Waals surface area (Å²) in [6, 6.07) is 22.6. The van der Waals surface area contributed by atoms with Gasteiger partial charge in [0.1, 0.15) is 5.75 Å². The second-order valence-electron chi connectivity index (χ2n) is 8.92. The lowest BCUT2D eigenvalue weighted by Gasteiger charge is -2.36. The van der Waals surface area contributed by atoms with Gasteiger partial charge in [0.15, 0.2) is 0 Å². The van der Waals surface area contributed by atoms with Crippen LogP contribution >= 0.6 is 0 Å². The number of benzene rings is 3. The predicted molar refractivity (Wildman–Crippen MR) is 140 cm³/mol. The predicted octanol–water partition coefficient (Wildman–Crippen LogP) is 2.72. The minimum atomic E-state index is -0.564. The van der Waals surface area contributed by atoms with Gasteiger partial charge in [-0.05, 0) is 54.1 Å². The summed E-state index contributed by atoms with van der Waals surface area (Å²) in [5.41, 5.74) is 2.84. The molecule has 1 aliphatic rings. The molecule has 5 rings (SSSR count). The highest BCUT2D eigenvalue weighted by Crippen LogP contribution is 2.21. The van der Waals surface area contributed by atoms with Gasteiger partial charge in [-0.3, -0.25) is 19.0 Å². The van der Waals surface area contributed by atoms with Gasteiger partial charge >= 0.3 is 11.1 Å². The zero-order chi connectivity index (χ0) is 25.2. The Kier molecular flexibility index (Phi) is 6.33. The molecule has 0 spiro atoms. The number of ether oxygens (including phenoxy) is 1. The molecule has 3 aromatic carbocycles. The Morgan fingerprint density at radius 3 is 2.08 bits per heavy atom. The lowest BCUT2D eigenvalue weighted by molar-refractivity contribution is 0.0747. The first kappa shape index (κ1) is 23.4. The normalized spacial score (nSPS) is 13.7. The Morgan fingerprint density at radius 2 is 1.44 bits per heavy atom. The van der Waals surface area contributed by atoms with E-state index in [0.29, 0.717) is 29.7 Å². The van der Waals surface area contributed by atoms with Crippen molar-refractivity contribution in [3.8, 4) is 5.75 Å². The van der Waals surface area contributed by atoms with Gasteiger partial charge in [-0.1, -0.05) is 24.3 Å². The summed E-state index contributed by atoms with van der Waals surface area (Å²) < 4.78 is 8.10. The molecule has 1 amide bonds.